The third kappa shape index (κ3) is 4.32. The van der Waals surface area contributed by atoms with E-state index in [9.17, 15) is 4.79 Å². The van der Waals surface area contributed by atoms with Crippen molar-refractivity contribution in [1.29, 1.82) is 0 Å². The summed E-state index contributed by atoms with van der Waals surface area (Å²) < 4.78 is 0. The van der Waals surface area contributed by atoms with Crippen LogP contribution >= 0.6 is 24.0 Å². The highest BCUT2D eigenvalue weighted by atomic mass is 35.5. The first-order valence-electron chi connectivity index (χ1n) is 9.34. The van der Waals surface area contributed by atoms with Crippen LogP contribution in [0, 0.1) is 5.92 Å². The molecule has 1 aliphatic heterocycles. The predicted molar refractivity (Wildman–Crippen MR) is 106 cm³/mol. The Kier molecular flexibility index (Phi) is 7.19. The quantitative estimate of drug-likeness (QED) is 0.830. The lowest BCUT2D eigenvalue weighted by Gasteiger charge is -2.43. The minimum Gasteiger partial charge on any atom is -0.342 e. The molecular formula is C20H30Cl2N2O. The molecule has 2 fully saturated rings. The van der Waals surface area contributed by atoms with E-state index in [1.54, 1.807) is 0 Å². The van der Waals surface area contributed by atoms with Crippen LogP contribution in [0.2, 0.25) is 5.02 Å². The van der Waals surface area contributed by atoms with Crippen molar-refractivity contribution < 1.29 is 4.79 Å². The molecule has 2 aliphatic rings. The van der Waals surface area contributed by atoms with Gasteiger partial charge in [0.05, 0.1) is 5.41 Å². The first-order chi connectivity index (χ1) is 11.5. The van der Waals surface area contributed by atoms with E-state index in [4.69, 9.17) is 17.3 Å². The largest absolute Gasteiger partial charge is 0.342 e. The summed E-state index contributed by atoms with van der Waals surface area (Å²) in [5.41, 5.74) is 6.90. The molecule has 3 rings (SSSR count). The topological polar surface area (TPSA) is 46.3 Å². The highest BCUT2D eigenvalue weighted by Crippen LogP contribution is 2.42. The summed E-state index contributed by atoms with van der Waals surface area (Å²) in [4.78, 5) is 15.7. The van der Waals surface area contributed by atoms with Crippen molar-refractivity contribution in [2.24, 2.45) is 11.7 Å². The van der Waals surface area contributed by atoms with Crippen LogP contribution in [-0.2, 0) is 10.2 Å². The molecule has 140 valence electrons. The average molecular weight is 385 g/mol. The Morgan fingerprint density at radius 3 is 2.44 bits per heavy atom. The van der Waals surface area contributed by atoms with Crippen LogP contribution in [0.5, 0.6) is 0 Å². The van der Waals surface area contributed by atoms with Gasteiger partial charge in [-0.15, -0.1) is 12.4 Å². The Morgan fingerprint density at radius 1 is 1.20 bits per heavy atom. The van der Waals surface area contributed by atoms with Crippen molar-refractivity contribution in [3.8, 4) is 0 Å². The molecule has 3 nitrogen and oxygen atoms in total. The smallest absolute Gasteiger partial charge is 0.233 e. The number of nitrogens with zero attached hydrogens (tertiary/aromatic N) is 1. The van der Waals surface area contributed by atoms with Crippen LogP contribution in [0.15, 0.2) is 24.3 Å². The summed E-state index contributed by atoms with van der Waals surface area (Å²) in [7, 11) is 0. The number of benzene rings is 1. The van der Waals surface area contributed by atoms with Gasteiger partial charge in [-0.25, -0.2) is 0 Å². The molecule has 25 heavy (non-hydrogen) atoms. The van der Waals surface area contributed by atoms with E-state index in [2.05, 4.69) is 24.0 Å². The minimum absolute atomic E-state index is 0. The van der Waals surface area contributed by atoms with Gasteiger partial charge < -0.3 is 10.6 Å². The molecule has 1 aliphatic carbocycles. The minimum atomic E-state index is -0.359. The molecular weight excluding hydrogens is 355 g/mol. The third-order valence-corrected chi connectivity index (χ3v) is 6.25. The molecule has 2 atom stereocenters. The molecule has 1 aromatic carbocycles. The molecule has 1 saturated carbocycles. The number of nitrogens with two attached hydrogens (primary N) is 1. The Morgan fingerprint density at radius 2 is 1.84 bits per heavy atom. The summed E-state index contributed by atoms with van der Waals surface area (Å²) >= 11 is 6.07. The standard InChI is InChI=1S/C20H29ClN2O.ClH/c1-15(22)16-6-5-13-23(14-16)19(24)20(11-3-2-4-12-20)17-7-9-18(21)10-8-17;/h7-10,15-16H,2-6,11-14,22H2,1H3;1H. The number of likely N-dealkylation sites (tertiary alicyclic amines) is 1. The molecule has 2 unspecified atom stereocenters. The molecule has 0 spiro atoms. The summed E-state index contributed by atoms with van der Waals surface area (Å²) in [6.07, 6.45) is 7.58. The Balaban J connectivity index is 0.00000225. The van der Waals surface area contributed by atoms with Gasteiger partial charge in [0, 0.05) is 24.2 Å². The van der Waals surface area contributed by atoms with Crippen LogP contribution < -0.4 is 5.73 Å². The molecule has 0 bridgehead atoms. The van der Waals surface area contributed by atoms with E-state index in [-0.39, 0.29) is 23.9 Å². The van der Waals surface area contributed by atoms with Crippen LogP contribution in [0.25, 0.3) is 0 Å². The summed E-state index contributed by atoms with van der Waals surface area (Å²) in [5, 5.41) is 0.729. The number of hydrogen-bond donors (Lipinski definition) is 1. The molecule has 1 saturated heterocycles. The fraction of sp³-hybridized carbons (Fsp3) is 0.650. The second-order valence-corrected chi connectivity index (χ2v) is 8.10. The van der Waals surface area contributed by atoms with E-state index in [1.165, 1.54) is 6.42 Å². The zero-order chi connectivity index (χ0) is 17.2. The molecule has 5 heteroatoms. The van der Waals surface area contributed by atoms with Crippen molar-refractivity contribution in [2.75, 3.05) is 13.1 Å². The zero-order valence-electron chi connectivity index (χ0n) is 15.0. The van der Waals surface area contributed by atoms with Crippen LogP contribution in [-0.4, -0.2) is 29.9 Å². The van der Waals surface area contributed by atoms with Crippen molar-refractivity contribution in [1.82, 2.24) is 4.90 Å². The van der Waals surface area contributed by atoms with Gasteiger partial charge in [-0.2, -0.15) is 0 Å². The zero-order valence-corrected chi connectivity index (χ0v) is 16.6. The van der Waals surface area contributed by atoms with Gasteiger partial charge >= 0.3 is 0 Å². The van der Waals surface area contributed by atoms with E-state index in [0.29, 0.717) is 11.8 Å². The van der Waals surface area contributed by atoms with Crippen molar-refractivity contribution in [2.45, 2.75) is 63.3 Å². The van der Waals surface area contributed by atoms with Crippen LogP contribution in [0.4, 0.5) is 0 Å². The SMILES string of the molecule is CC(N)C1CCCN(C(=O)C2(c3ccc(Cl)cc3)CCCCC2)C1.Cl. The van der Waals surface area contributed by atoms with E-state index >= 15 is 0 Å². The highest BCUT2D eigenvalue weighted by molar-refractivity contribution is 6.30. The number of halogens is 2. The Bertz CT molecular complexity index is 568. The predicted octanol–water partition coefficient (Wildman–Crippen LogP) is 4.55. The maximum absolute atomic E-state index is 13.6. The van der Waals surface area contributed by atoms with Gasteiger partial charge in [0.1, 0.15) is 0 Å². The van der Waals surface area contributed by atoms with Gasteiger partial charge in [0.15, 0.2) is 0 Å². The van der Waals surface area contributed by atoms with Crippen LogP contribution in [0.1, 0.15) is 57.4 Å². The summed E-state index contributed by atoms with van der Waals surface area (Å²) in [6.45, 7) is 3.75. The lowest BCUT2D eigenvalue weighted by Crippen LogP contribution is -2.53. The highest BCUT2D eigenvalue weighted by Gasteiger charge is 2.44. The second-order valence-electron chi connectivity index (χ2n) is 7.66. The van der Waals surface area contributed by atoms with Gasteiger partial charge in [-0.05, 0) is 56.2 Å². The maximum Gasteiger partial charge on any atom is 0.233 e. The van der Waals surface area contributed by atoms with Gasteiger partial charge in [-0.3, -0.25) is 4.79 Å². The molecule has 2 N–H and O–H groups in total. The number of piperidine rings is 1. The molecule has 0 radical (unpaired) electrons. The van der Waals surface area contributed by atoms with E-state index < -0.39 is 0 Å². The van der Waals surface area contributed by atoms with Gasteiger partial charge in [0.2, 0.25) is 5.91 Å². The molecule has 0 aromatic heterocycles. The monoisotopic (exact) mass is 384 g/mol. The maximum atomic E-state index is 13.6. The molecule has 1 aromatic rings. The fourth-order valence-corrected chi connectivity index (χ4v) is 4.60. The van der Waals surface area contributed by atoms with Gasteiger partial charge in [-0.1, -0.05) is 43.0 Å². The number of amides is 1. The summed E-state index contributed by atoms with van der Waals surface area (Å²) in [6, 6.07) is 8.10. The van der Waals surface area contributed by atoms with E-state index in [0.717, 1.165) is 62.2 Å². The van der Waals surface area contributed by atoms with Crippen molar-refractivity contribution in [3.05, 3.63) is 34.9 Å². The lowest BCUT2D eigenvalue weighted by atomic mass is 9.68. The third-order valence-electron chi connectivity index (χ3n) is 6.00. The second kappa shape index (κ2) is 8.75. The lowest BCUT2D eigenvalue weighted by molar-refractivity contribution is -0.141. The molecule has 1 amide bonds. The average Bonchev–Trinajstić information content (AvgIpc) is 2.62. The van der Waals surface area contributed by atoms with Gasteiger partial charge in [0.25, 0.3) is 0 Å². The molecule has 1 heterocycles. The first-order valence-corrected chi connectivity index (χ1v) is 9.72. The Hall–Kier alpha value is -0.770. The normalized spacial score (nSPS) is 24.3. The fourth-order valence-electron chi connectivity index (χ4n) is 4.48. The number of rotatable bonds is 3. The summed E-state index contributed by atoms with van der Waals surface area (Å²) in [5.74, 6) is 0.739. The van der Waals surface area contributed by atoms with Crippen LogP contribution in [0.3, 0.4) is 0 Å². The number of carbonyl (C=O) groups excluding carboxylic acids is 1. The van der Waals surface area contributed by atoms with Crippen molar-refractivity contribution in [3.63, 3.8) is 0 Å². The van der Waals surface area contributed by atoms with E-state index in [1.807, 2.05) is 12.1 Å². The Labute approximate surface area is 162 Å². The number of hydrogen-bond acceptors (Lipinski definition) is 2. The van der Waals surface area contributed by atoms with Crippen molar-refractivity contribution >= 4 is 29.9 Å². The number of carbonyl (C=O) groups is 1. The first kappa shape index (κ1) is 20.5.